The number of benzene rings is 1. The molecular formula is C16H19N3O2S. The molecule has 1 N–H and O–H groups in total. The van der Waals surface area contributed by atoms with E-state index in [1.807, 2.05) is 18.2 Å². The molecule has 1 heterocycles. The number of thiazole rings is 1. The summed E-state index contributed by atoms with van der Waals surface area (Å²) in [5.74, 6) is 1.37. The van der Waals surface area contributed by atoms with Gasteiger partial charge in [-0.2, -0.15) is 5.10 Å². The molecular weight excluding hydrogens is 298 g/mol. The van der Waals surface area contributed by atoms with E-state index in [1.165, 1.54) is 23.4 Å². The maximum atomic E-state index is 5.38. The van der Waals surface area contributed by atoms with Gasteiger partial charge in [0, 0.05) is 10.4 Å². The highest BCUT2D eigenvalue weighted by atomic mass is 32.1. The number of ether oxygens (including phenoxy) is 2. The Morgan fingerprint density at radius 3 is 2.86 bits per heavy atom. The van der Waals surface area contributed by atoms with Gasteiger partial charge in [0.1, 0.15) is 0 Å². The predicted octanol–water partition coefficient (Wildman–Crippen LogP) is 3.49. The van der Waals surface area contributed by atoms with E-state index in [0.717, 1.165) is 23.5 Å². The van der Waals surface area contributed by atoms with Crippen LogP contribution in [-0.2, 0) is 12.8 Å². The molecule has 3 rings (SSSR count). The van der Waals surface area contributed by atoms with Crippen LogP contribution in [0.2, 0.25) is 0 Å². The maximum Gasteiger partial charge on any atom is 0.203 e. The topological polar surface area (TPSA) is 55.7 Å². The van der Waals surface area contributed by atoms with E-state index < -0.39 is 0 Å². The third kappa shape index (κ3) is 3.06. The first-order valence-corrected chi connectivity index (χ1v) is 8.12. The van der Waals surface area contributed by atoms with Gasteiger partial charge in [-0.15, -0.1) is 11.3 Å². The van der Waals surface area contributed by atoms with Crippen LogP contribution in [0.1, 0.15) is 29.0 Å². The molecule has 0 atom stereocenters. The Morgan fingerprint density at radius 2 is 2.09 bits per heavy atom. The summed E-state index contributed by atoms with van der Waals surface area (Å²) >= 11 is 1.70. The fourth-order valence-electron chi connectivity index (χ4n) is 2.57. The van der Waals surface area contributed by atoms with Crippen molar-refractivity contribution in [1.82, 2.24) is 4.98 Å². The lowest BCUT2D eigenvalue weighted by molar-refractivity contribution is 0.354. The third-order valence-corrected chi connectivity index (χ3v) is 4.70. The summed E-state index contributed by atoms with van der Waals surface area (Å²) in [5, 5.41) is 5.13. The summed E-state index contributed by atoms with van der Waals surface area (Å²) < 4.78 is 10.7. The Balaban J connectivity index is 1.73. The van der Waals surface area contributed by atoms with Gasteiger partial charge in [0.25, 0.3) is 0 Å². The average molecular weight is 317 g/mol. The van der Waals surface area contributed by atoms with E-state index in [4.69, 9.17) is 9.47 Å². The van der Waals surface area contributed by atoms with Crippen LogP contribution >= 0.6 is 11.3 Å². The molecule has 2 aromatic rings. The molecule has 0 amide bonds. The Kier molecular flexibility index (Phi) is 4.58. The number of aromatic nitrogens is 1. The minimum absolute atomic E-state index is 0.675. The van der Waals surface area contributed by atoms with E-state index in [1.54, 1.807) is 31.8 Å². The summed E-state index contributed by atoms with van der Waals surface area (Å²) in [6, 6.07) is 5.70. The molecule has 116 valence electrons. The number of para-hydroxylation sites is 1. The van der Waals surface area contributed by atoms with Crippen molar-refractivity contribution < 1.29 is 9.47 Å². The van der Waals surface area contributed by atoms with Gasteiger partial charge in [0.05, 0.1) is 26.1 Å². The predicted molar refractivity (Wildman–Crippen MR) is 89.5 cm³/mol. The van der Waals surface area contributed by atoms with Crippen LogP contribution in [0.3, 0.4) is 0 Å². The SMILES string of the molecule is COc1cccc(/C=N\Nc2nc3c(s2)CCCC3)c1OC. The largest absolute Gasteiger partial charge is 0.493 e. The number of hydrazone groups is 1. The standard InChI is InChI=1S/C16H19N3O2S/c1-20-13-8-5-6-11(15(13)21-2)10-17-19-16-18-12-7-3-4-9-14(12)22-16/h5-6,8,10H,3-4,7,9H2,1-2H3,(H,18,19)/b17-10-. The Morgan fingerprint density at radius 1 is 1.23 bits per heavy atom. The quantitative estimate of drug-likeness (QED) is 0.677. The van der Waals surface area contributed by atoms with E-state index in [9.17, 15) is 0 Å². The second-order valence-corrected chi connectivity index (χ2v) is 6.13. The molecule has 1 aliphatic rings. The zero-order chi connectivity index (χ0) is 15.4. The van der Waals surface area contributed by atoms with Crippen molar-refractivity contribution in [2.75, 3.05) is 19.6 Å². The van der Waals surface area contributed by atoms with Crippen molar-refractivity contribution in [3.63, 3.8) is 0 Å². The fraction of sp³-hybridized carbons (Fsp3) is 0.375. The maximum absolute atomic E-state index is 5.38. The number of rotatable bonds is 5. The van der Waals surface area contributed by atoms with Gasteiger partial charge >= 0.3 is 0 Å². The molecule has 0 fully saturated rings. The van der Waals surface area contributed by atoms with E-state index in [-0.39, 0.29) is 0 Å². The summed E-state index contributed by atoms with van der Waals surface area (Å²) in [6.45, 7) is 0. The number of hydrogen-bond acceptors (Lipinski definition) is 6. The summed E-state index contributed by atoms with van der Waals surface area (Å²) in [7, 11) is 3.24. The molecule has 1 aliphatic carbocycles. The second-order valence-electron chi connectivity index (χ2n) is 5.05. The zero-order valence-corrected chi connectivity index (χ0v) is 13.6. The number of nitrogens with zero attached hydrogens (tertiary/aromatic N) is 2. The molecule has 5 nitrogen and oxygen atoms in total. The lowest BCUT2D eigenvalue weighted by Crippen LogP contribution is -1.99. The van der Waals surface area contributed by atoms with Crippen molar-refractivity contribution in [2.24, 2.45) is 5.10 Å². The summed E-state index contributed by atoms with van der Waals surface area (Å²) in [4.78, 5) is 5.99. The number of anilines is 1. The van der Waals surface area contributed by atoms with Crippen LogP contribution in [-0.4, -0.2) is 25.4 Å². The van der Waals surface area contributed by atoms with E-state index in [2.05, 4.69) is 15.5 Å². The zero-order valence-electron chi connectivity index (χ0n) is 12.8. The van der Waals surface area contributed by atoms with Gasteiger partial charge in [0.2, 0.25) is 5.13 Å². The number of aryl methyl sites for hydroxylation is 2. The first-order chi connectivity index (χ1) is 10.8. The second kappa shape index (κ2) is 6.79. The van der Waals surface area contributed by atoms with Gasteiger partial charge in [-0.3, -0.25) is 5.43 Å². The van der Waals surface area contributed by atoms with Crippen LogP contribution in [0.25, 0.3) is 0 Å². The number of fused-ring (bicyclic) bond motifs is 1. The van der Waals surface area contributed by atoms with Gasteiger partial charge in [-0.05, 0) is 37.8 Å². The molecule has 0 radical (unpaired) electrons. The van der Waals surface area contributed by atoms with Gasteiger partial charge in [0.15, 0.2) is 11.5 Å². The molecule has 1 aromatic heterocycles. The van der Waals surface area contributed by atoms with Crippen molar-refractivity contribution in [2.45, 2.75) is 25.7 Å². The Hall–Kier alpha value is -2.08. The Bertz CT molecular complexity index is 659. The molecule has 0 unspecified atom stereocenters. The summed E-state index contributed by atoms with van der Waals surface area (Å²) in [6.07, 6.45) is 6.45. The third-order valence-electron chi connectivity index (χ3n) is 3.64. The van der Waals surface area contributed by atoms with Crippen molar-refractivity contribution in [1.29, 1.82) is 0 Å². The van der Waals surface area contributed by atoms with E-state index >= 15 is 0 Å². The minimum atomic E-state index is 0.675. The van der Waals surface area contributed by atoms with Crippen LogP contribution in [0.4, 0.5) is 5.13 Å². The van der Waals surface area contributed by atoms with Crippen LogP contribution in [0.15, 0.2) is 23.3 Å². The van der Waals surface area contributed by atoms with Crippen molar-refractivity contribution >= 4 is 22.7 Å². The first kappa shape index (κ1) is 14.8. The molecule has 0 saturated carbocycles. The fourth-order valence-corrected chi connectivity index (χ4v) is 3.57. The number of hydrogen-bond donors (Lipinski definition) is 1. The molecule has 0 spiro atoms. The molecule has 22 heavy (non-hydrogen) atoms. The van der Waals surface area contributed by atoms with Crippen LogP contribution < -0.4 is 14.9 Å². The monoisotopic (exact) mass is 317 g/mol. The van der Waals surface area contributed by atoms with Gasteiger partial charge < -0.3 is 9.47 Å². The summed E-state index contributed by atoms with van der Waals surface area (Å²) in [5.41, 5.74) is 5.11. The molecule has 6 heteroatoms. The highest BCUT2D eigenvalue weighted by Crippen LogP contribution is 2.31. The normalized spacial score (nSPS) is 13.9. The van der Waals surface area contributed by atoms with Gasteiger partial charge in [-0.1, -0.05) is 6.07 Å². The number of methoxy groups -OCH3 is 2. The Labute approximate surface area is 134 Å². The van der Waals surface area contributed by atoms with Gasteiger partial charge in [-0.25, -0.2) is 4.98 Å². The molecule has 0 aliphatic heterocycles. The molecule has 0 bridgehead atoms. The van der Waals surface area contributed by atoms with Crippen LogP contribution in [0.5, 0.6) is 11.5 Å². The first-order valence-electron chi connectivity index (χ1n) is 7.30. The number of nitrogens with one attached hydrogen (secondary N) is 1. The average Bonchev–Trinajstić information content (AvgIpc) is 2.97. The highest BCUT2D eigenvalue weighted by Gasteiger charge is 2.14. The smallest absolute Gasteiger partial charge is 0.203 e. The van der Waals surface area contributed by atoms with Crippen molar-refractivity contribution in [3.05, 3.63) is 34.3 Å². The molecule has 0 saturated heterocycles. The highest BCUT2D eigenvalue weighted by molar-refractivity contribution is 7.15. The molecule has 1 aromatic carbocycles. The van der Waals surface area contributed by atoms with Crippen molar-refractivity contribution in [3.8, 4) is 11.5 Å². The van der Waals surface area contributed by atoms with Crippen LogP contribution in [0, 0.1) is 0 Å². The minimum Gasteiger partial charge on any atom is -0.493 e. The lowest BCUT2D eigenvalue weighted by Gasteiger charge is -2.09. The lowest BCUT2D eigenvalue weighted by atomic mass is 10.0. The van der Waals surface area contributed by atoms with E-state index in [0.29, 0.717) is 11.5 Å².